The van der Waals surface area contributed by atoms with E-state index >= 15 is 0 Å². The van der Waals surface area contributed by atoms with Crippen molar-refractivity contribution in [3.8, 4) is 0 Å². The predicted octanol–water partition coefficient (Wildman–Crippen LogP) is 3.00. The van der Waals surface area contributed by atoms with Gasteiger partial charge in [-0.1, -0.05) is 36.9 Å². The van der Waals surface area contributed by atoms with Crippen LogP contribution in [0, 0.1) is 5.92 Å². The van der Waals surface area contributed by atoms with E-state index in [0.717, 1.165) is 18.4 Å². The van der Waals surface area contributed by atoms with Crippen LogP contribution in [0.5, 0.6) is 0 Å². The van der Waals surface area contributed by atoms with Crippen molar-refractivity contribution >= 4 is 21.6 Å². The monoisotopic (exact) mass is 330 g/mol. The summed E-state index contributed by atoms with van der Waals surface area (Å²) in [6, 6.07) is 4.76. The third kappa shape index (κ3) is 3.97. The number of rotatable bonds is 5. The summed E-state index contributed by atoms with van der Waals surface area (Å²) >= 11 is 6.07. The van der Waals surface area contributed by atoms with Crippen LogP contribution in [0.15, 0.2) is 23.1 Å². The molecule has 1 aromatic rings. The number of hydrogen-bond acceptors (Lipinski definition) is 3. The fourth-order valence-corrected chi connectivity index (χ4v) is 4.46. The molecule has 1 fully saturated rings. The van der Waals surface area contributed by atoms with Gasteiger partial charge in [-0.25, -0.2) is 12.7 Å². The van der Waals surface area contributed by atoms with Gasteiger partial charge in [0.1, 0.15) is 0 Å². The second-order valence-electron chi connectivity index (χ2n) is 5.75. The molecule has 0 aliphatic heterocycles. The number of nitrogens with zero attached hydrogens (tertiary/aromatic N) is 1. The first-order chi connectivity index (χ1) is 9.95. The Labute approximate surface area is 132 Å². The molecule has 2 rings (SSSR count). The standard InChI is InChI=1S/C15H23ClN2O2S/c1-18(11-12-5-3-2-4-6-12)21(19,20)14-8-7-13(10-17)15(16)9-14/h7-9,12H,2-6,10-11,17H2,1H3. The van der Waals surface area contributed by atoms with Crippen LogP contribution in [0.2, 0.25) is 5.02 Å². The van der Waals surface area contributed by atoms with Crippen LogP contribution in [-0.4, -0.2) is 26.3 Å². The normalized spacial score (nSPS) is 17.3. The topological polar surface area (TPSA) is 63.4 Å². The van der Waals surface area contributed by atoms with Crippen molar-refractivity contribution < 1.29 is 8.42 Å². The molecule has 1 aliphatic rings. The Morgan fingerprint density at radius 1 is 1.29 bits per heavy atom. The first-order valence-corrected chi connectivity index (χ1v) is 9.22. The van der Waals surface area contributed by atoms with Crippen LogP contribution < -0.4 is 5.73 Å². The number of nitrogens with two attached hydrogens (primary N) is 1. The zero-order valence-corrected chi connectivity index (χ0v) is 14.0. The van der Waals surface area contributed by atoms with E-state index in [0.29, 0.717) is 24.0 Å². The largest absolute Gasteiger partial charge is 0.326 e. The highest BCUT2D eigenvalue weighted by Crippen LogP contribution is 2.27. The van der Waals surface area contributed by atoms with Crippen LogP contribution in [0.3, 0.4) is 0 Å². The minimum Gasteiger partial charge on any atom is -0.326 e. The zero-order valence-electron chi connectivity index (χ0n) is 12.4. The molecule has 0 heterocycles. The Morgan fingerprint density at radius 3 is 2.52 bits per heavy atom. The number of benzene rings is 1. The third-order valence-electron chi connectivity index (χ3n) is 4.19. The quantitative estimate of drug-likeness (QED) is 0.902. The van der Waals surface area contributed by atoms with Crippen molar-refractivity contribution in [1.29, 1.82) is 0 Å². The van der Waals surface area contributed by atoms with Gasteiger partial charge in [0.25, 0.3) is 0 Å². The van der Waals surface area contributed by atoms with Gasteiger partial charge in [-0.3, -0.25) is 0 Å². The Bertz CT molecular complexity index is 583. The SMILES string of the molecule is CN(CC1CCCCC1)S(=O)(=O)c1ccc(CN)c(Cl)c1. The van der Waals surface area contributed by atoms with Gasteiger partial charge in [0, 0.05) is 25.2 Å². The van der Waals surface area contributed by atoms with E-state index in [1.54, 1.807) is 19.2 Å². The lowest BCUT2D eigenvalue weighted by atomic mass is 9.89. The molecule has 21 heavy (non-hydrogen) atoms. The first-order valence-electron chi connectivity index (χ1n) is 7.40. The van der Waals surface area contributed by atoms with Crippen molar-refractivity contribution in [3.63, 3.8) is 0 Å². The number of halogens is 1. The van der Waals surface area contributed by atoms with E-state index in [2.05, 4.69) is 0 Å². The third-order valence-corrected chi connectivity index (χ3v) is 6.36. The maximum Gasteiger partial charge on any atom is 0.242 e. The van der Waals surface area contributed by atoms with E-state index in [4.69, 9.17) is 17.3 Å². The molecule has 1 aromatic carbocycles. The van der Waals surface area contributed by atoms with Crippen molar-refractivity contribution in [2.45, 2.75) is 43.5 Å². The van der Waals surface area contributed by atoms with Gasteiger partial charge >= 0.3 is 0 Å². The summed E-state index contributed by atoms with van der Waals surface area (Å²) in [5, 5.41) is 0.407. The van der Waals surface area contributed by atoms with E-state index in [9.17, 15) is 8.42 Å². The molecule has 118 valence electrons. The van der Waals surface area contributed by atoms with Gasteiger partial charge in [0.05, 0.1) is 4.90 Å². The second-order valence-corrected chi connectivity index (χ2v) is 8.20. The molecule has 0 radical (unpaired) electrons. The second kappa shape index (κ2) is 7.09. The first kappa shape index (κ1) is 16.7. The molecule has 0 atom stereocenters. The lowest BCUT2D eigenvalue weighted by molar-refractivity contribution is 0.300. The van der Waals surface area contributed by atoms with Gasteiger partial charge in [-0.2, -0.15) is 0 Å². The molecule has 1 aliphatic carbocycles. The lowest BCUT2D eigenvalue weighted by Gasteiger charge is -2.26. The maximum atomic E-state index is 12.6. The van der Waals surface area contributed by atoms with Crippen LogP contribution >= 0.6 is 11.6 Å². The van der Waals surface area contributed by atoms with Crippen LogP contribution in [0.1, 0.15) is 37.7 Å². The Morgan fingerprint density at radius 2 is 1.95 bits per heavy atom. The highest BCUT2D eigenvalue weighted by molar-refractivity contribution is 7.89. The van der Waals surface area contributed by atoms with Crippen molar-refractivity contribution in [2.24, 2.45) is 11.7 Å². The predicted molar refractivity (Wildman–Crippen MR) is 85.7 cm³/mol. The number of hydrogen-bond donors (Lipinski definition) is 1. The van der Waals surface area contributed by atoms with Gasteiger partial charge in [0.2, 0.25) is 10.0 Å². The molecule has 0 bridgehead atoms. The van der Waals surface area contributed by atoms with Crippen molar-refractivity contribution in [3.05, 3.63) is 28.8 Å². The van der Waals surface area contributed by atoms with E-state index < -0.39 is 10.0 Å². The Hall–Kier alpha value is -0.620. The molecule has 0 amide bonds. The zero-order chi connectivity index (χ0) is 15.5. The highest BCUT2D eigenvalue weighted by atomic mass is 35.5. The summed E-state index contributed by atoms with van der Waals surface area (Å²) in [5.74, 6) is 0.470. The smallest absolute Gasteiger partial charge is 0.242 e. The lowest BCUT2D eigenvalue weighted by Crippen LogP contribution is -2.32. The van der Waals surface area contributed by atoms with Crippen LogP contribution in [0.4, 0.5) is 0 Å². The van der Waals surface area contributed by atoms with Gasteiger partial charge in [0.15, 0.2) is 0 Å². The Balaban J connectivity index is 2.14. The van der Waals surface area contributed by atoms with E-state index in [-0.39, 0.29) is 4.90 Å². The average Bonchev–Trinajstić information content (AvgIpc) is 2.48. The molecule has 0 spiro atoms. The molecular weight excluding hydrogens is 308 g/mol. The van der Waals surface area contributed by atoms with E-state index in [1.807, 2.05) is 0 Å². The van der Waals surface area contributed by atoms with Crippen LogP contribution in [0.25, 0.3) is 0 Å². The van der Waals surface area contributed by atoms with Gasteiger partial charge < -0.3 is 5.73 Å². The Kier molecular flexibility index (Phi) is 5.66. The van der Waals surface area contributed by atoms with E-state index in [1.165, 1.54) is 29.6 Å². The highest BCUT2D eigenvalue weighted by Gasteiger charge is 2.25. The van der Waals surface area contributed by atoms with Gasteiger partial charge in [-0.05, 0) is 36.5 Å². The molecule has 6 heteroatoms. The average molecular weight is 331 g/mol. The summed E-state index contributed by atoms with van der Waals surface area (Å²) in [4.78, 5) is 0.239. The molecule has 4 nitrogen and oxygen atoms in total. The van der Waals surface area contributed by atoms with Crippen LogP contribution in [-0.2, 0) is 16.6 Å². The van der Waals surface area contributed by atoms with Crippen molar-refractivity contribution in [2.75, 3.05) is 13.6 Å². The molecule has 0 unspecified atom stereocenters. The summed E-state index contributed by atoms with van der Waals surface area (Å²) in [6.07, 6.45) is 5.91. The fraction of sp³-hybridized carbons (Fsp3) is 0.600. The summed E-state index contributed by atoms with van der Waals surface area (Å²) in [5.41, 5.74) is 6.30. The summed E-state index contributed by atoms with van der Waals surface area (Å²) < 4.78 is 26.6. The molecular formula is C15H23ClN2O2S. The minimum absolute atomic E-state index is 0.239. The fourth-order valence-electron chi connectivity index (χ4n) is 2.87. The summed E-state index contributed by atoms with van der Waals surface area (Å²) in [7, 11) is -1.83. The van der Waals surface area contributed by atoms with Crippen molar-refractivity contribution in [1.82, 2.24) is 4.31 Å². The molecule has 2 N–H and O–H groups in total. The summed E-state index contributed by atoms with van der Waals surface area (Å²) in [6.45, 7) is 0.885. The molecule has 0 saturated heterocycles. The maximum absolute atomic E-state index is 12.6. The minimum atomic E-state index is -3.48. The number of sulfonamides is 1. The molecule has 0 aromatic heterocycles. The van der Waals surface area contributed by atoms with Gasteiger partial charge in [-0.15, -0.1) is 0 Å². The molecule has 1 saturated carbocycles.